The van der Waals surface area contributed by atoms with Gasteiger partial charge in [-0.3, -0.25) is 14.7 Å². The molecule has 2 unspecified atom stereocenters. The van der Waals surface area contributed by atoms with Gasteiger partial charge < -0.3 is 16.0 Å². The van der Waals surface area contributed by atoms with Crippen LogP contribution in [0.25, 0.3) is 0 Å². The molecule has 3 N–H and O–H groups in total. The summed E-state index contributed by atoms with van der Waals surface area (Å²) >= 11 is 0. The molecule has 2 atom stereocenters. The molecule has 6 nitrogen and oxygen atoms in total. The largest absolute Gasteiger partial charge is 0.358 e. The number of amides is 1. The number of hydrogen-bond donors (Lipinski definition) is 3. The number of carbonyl (C=O) groups excluding carboxylic acids is 1. The molecule has 7 heteroatoms. The van der Waals surface area contributed by atoms with Crippen LogP contribution >= 0.6 is 24.0 Å². The van der Waals surface area contributed by atoms with Crippen molar-refractivity contribution >= 4 is 35.8 Å². The Morgan fingerprint density at radius 2 is 1.88 bits per heavy atom. The Morgan fingerprint density at radius 3 is 2.50 bits per heavy atom. The van der Waals surface area contributed by atoms with Crippen LogP contribution in [0.1, 0.15) is 30.7 Å². The Balaban J connectivity index is 0.00000243. The number of guanidine groups is 1. The first kappa shape index (κ1) is 21.0. The van der Waals surface area contributed by atoms with Gasteiger partial charge in [0.1, 0.15) is 0 Å². The van der Waals surface area contributed by atoms with Crippen LogP contribution in [-0.2, 0) is 4.79 Å². The molecule has 0 bridgehead atoms. The van der Waals surface area contributed by atoms with Gasteiger partial charge in [0, 0.05) is 45.2 Å². The number of hydrogen-bond acceptors (Lipinski definition) is 3. The molecule has 2 fully saturated rings. The molecule has 1 aromatic carbocycles. The number of likely N-dealkylation sites (tertiary alicyclic amines) is 1. The van der Waals surface area contributed by atoms with Crippen LogP contribution in [0.15, 0.2) is 35.3 Å². The summed E-state index contributed by atoms with van der Waals surface area (Å²) in [4.78, 5) is 18.1. The summed E-state index contributed by atoms with van der Waals surface area (Å²) in [5, 5.41) is 9.78. The maximum Gasteiger partial charge on any atom is 0.233 e. The monoisotopic (exact) mass is 471 g/mol. The smallest absolute Gasteiger partial charge is 0.233 e. The molecule has 0 radical (unpaired) electrons. The minimum atomic E-state index is 0. The van der Waals surface area contributed by atoms with Crippen molar-refractivity contribution in [2.75, 3.05) is 33.7 Å². The van der Waals surface area contributed by atoms with Gasteiger partial charge in [-0.05, 0) is 24.8 Å². The van der Waals surface area contributed by atoms with Crippen molar-refractivity contribution in [2.24, 2.45) is 4.99 Å². The molecule has 26 heavy (non-hydrogen) atoms. The van der Waals surface area contributed by atoms with Crippen LogP contribution in [0.3, 0.4) is 0 Å². The number of nitrogens with zero attached hydrogens (tertiary/aromatic N) is 2. The molecule has 1 amide bonds. The standard InChI is InChI=1S/C19H29N5O.HI/c1-20-18(25)13-24-10-8-15(9-11-24)22-19(21-2)23-17-12-16(17)14-6-4-3-5-7-14;/h3-7,15-17H,8-13H2,1-2H3,(H,20,25)(H2,21,22,23);1H. The summed E-state index contributed by atoms with van der Waals surface area (Å²) in [6.45, 7) is 2.38. The average Bonchev–Trinajstić information content (AvgIpc) is 3.42. The highest BCUT2D eigenvalue weighted by atomic mass is 127. The minimum Gasteiger partial charge on any atom is -0.358 e. The summed E-state index contributed by atoms with van der Waals surface area (Å²) < 4.78 is 0. The highest BCUT2D eigenvalue weighted by Crippen LogP contribution is 2.40. The van der Waals surface area contributed by atoms with Crippen LogP contribution in [0.4, 0.5) is 0 Å². The second-order valence-electron chi connectivity index (χ2n) is 6.94. The zero-order valence-electron chi connectivity index (χ0n) is 15.6. The Morgan fingerprint density at radius 1 is 1.19 bits per heavy atom. The molecule has 1 heterocycles. The van der Waals surface area contributed by atoms with E-state index in [0.717, 1.165) is 38.3 Å². The van der Waals surface area contributed by atoms with Gasteiger partial charge >= 0.3 is 0 Å². The van der Waals surface area contributed by atoms with E-state index in [9.17, 15) is 4.79 Å². The van der Waals surface area contributed by atoms with Gasteiger partial charge in [-0.25, -0.2) is 0 Å². The van der Waals surface area contributed by atoms with E-state index in [-0.39, 0.29) is 29.9 Å². The lowest BCUT2D eigenvalue weighted by Gasteiger charge is -2.32. The number of aliphatic imine (C=N–C) groups is 1. The number of benzene rings is 1. The van der Waals surface area contributed by atoms with Crippen LogP contribution < -0.4 is 16.0 Å². The molecule has 0 aromatic heterocycles. The van der Waals surface area contributed by atoms with Crippen molar-refractivity contribution in [3.8, 4) is 0 Å². The first-order valence-corrected chi connectivity index (χ1v) is 9.17. The molecular formula is C19H30IN5O. The SMILES string of the molecule is CN=C(NC1CCN(CC(=O)NC)CC1)NC1CC1c1ccccc1.I. The van der Waals surface area contributed by atoms with Gasteiger partial charge in [-0.15, -0.1) is 24.0 Å². The predicted molar refractivity (Wildman–Crippen MR) is 116 cm³/mol. The summed E-state index contributed by atoms with van der Waals surface area (Å²) in [6.07, 6.45) is 3.23. The quantitative estimate of drug-likeness (QED) is 0.346. The van der Waals surface area contributed by atoms with Crippen molar-refractivity contribution in [3.63, 3.8) is 0 Å². The summed E-state index contributed by atoms with van der Waals surface area (Å²) in [5.74, 6) is 1.58. The molecule has 1 aromatic rings. The van der Waals surface area contributed by atoms with E-state index in [1.807, 2.05) is 7.05 Å². The van der Waals surface area contributed by atoms with Crippen LogP contribution in [0.2, 0.25) is 0 Å². The van der Waals surface area contributed by atoms with Crippen molar-refractivity contribution in [2.45, 2.75) is 37.3 Å². The molecule has 144 valence electrons. The molecule has 1 saturated heterocycles. The van der Waals surface area contributed by atoms with Gasteiger partial charge in [0.2, 0.25) is 5.91 Å². The number of carbonyl (C=O) groups is 1. The summed E-state index contributed by atoms with van der Waals surface area (Å²) in [5.41, 5.74) is 1.40. The fraction of sp³-hybridized carbons (Fsp3) is 0.579. The second kappa shape index (κ2) is 10.1. The highest BCUT2D eigenvalue weighted by Gasteiger charge is 2.39. The van der Waals surface area contributed by atoms with Crippen LogP contribution in [0, 0.1) is 0 Å². The number of rotatable bonds is 5. The maximum absolute atomic E-state index is 11.5. The fourth-order valence-corrected chi connectivity index (χ4v) is 3.48. The number of likely N-dealkylation sites (N-methyl/N-ethyl adjacent to an activating group) is 1. The van der Waals surface area contributed by atoms with Gasteiger partial charge in [-0.1, -0.05) is 30.3 Å². The number of nitrogens with one attached hydrogen (secondary N) is 3. The van der Waals surface area contributed by atoms with Crippen molar-refractivity contribution in [1.82, 2.24) is 20.9 Å². The van der Waals surface area contributed by atoms with E-state index in [4.69, 9.17) is 0 Å². The molecule has 1 aliphatic heterocycles. The van der Waals surface area contributed by atoms with Gasteiger partial charge in [-0.2, -0.15) is 0 Å². The normalized spacial score (nSPS) is 23.7. The van der Waals surface area contributed by atoms with E-state index in [1.54, 1.807) is 7.05 Å². The second-order valence-corrected chi connectivity index (χ2v) is 6.94. The van der Waals surface area contributed by atoms with Crippen molar-refractivity contribution in [1.29, 1.82) is 0 Å². The topological polar surface area (TPSA) is 68.8 Å². The van der Waals surface area contributed by atoms with E-state index in [0.29, 0.717) is 24.5 Å². The molecule has 3 rings (SSSR count). The lowest BCUT2D eigenvalue weighted by atomic mass is 10.1. The molecular weight excluding hydrogens is 441 g/mol. The third-order valence-corrected chi connectivity index (χ3v) is 5.14. The lowest BCUT2D eigenvalue weighted by molar-refractivity contribution is -0.122. The van der Waals surface area contributed by atoms with Crippen LogP contribution in [0.5, 0.6) is 0 Å². The third-order valence-electron chi connectivity index (χ3n) is 5.14. The molecule has 1 aliphatic carbocycles. The average molecular weight is 471 g/mol. The zero-order valence-corrected chi connectivity index (χ0v) is 17.9. The minimum absolute atomic E-state index is 0. The molecule has 1 saturated carbocycles. The van der Waals surface area contributed by atoms with E-state index in [1.165, 1.54) is 5.56 Å². The molecule has 2 aliphatic rings. The third kappa shape index (κ3) is 5.84. The van der Waals surface area contributed by atoms with Crippen molar-refractivity contribution in [3.05, 3.63) is 35.9 Å². The lowest BCUT2D eigenvalue weighted by Crippen LogP contribution is -2.50. The Kier molecular flexibility index (Phi) is 8.15. The Bertz CT molecular complexity index is 601. The maximum atomic E-state index is 11.5. The number of piperidine rings is 1. The highest BCUT2D eigenvalue weighted by molar-refractivity contribution is 14.0. The van der Waals surface area contributed by atoms with E-state index >= 15 is 0 Å². The van der Waals surface area contributed by atoms with Crippen molar-refractivity contribution < 1.29 is 4.79 Å². The van der Waals surface area contributed by atoms with Crippen LogP contribution in [-0.4, -0.2) is 62.6 Å². The van der Waals surface area contributed by atoms with E-state index in [2.05, 4.69) is 56.2 Å². The zero-order chi connectivity index (χ0) is 17.6. The van der Waals surface area contributed by atoms with Gasteiger partial charge in [0.05, 0.1) is 6.54 Å². The van der Waals surface area contributed by atoms with Gasteiger partial charge in [0.25, 0.3) is 0 Å². The Labute approximate surface area is 173 Å². The first-order chi connectivity index (χ1) is 12.2. The molecule has 0 spiro atoms. The first-order valence-electron chi connectivity index (χ1n) is 9.17. The fourth-order valence-electron chi connectivity index (χ4n) is 3.48. The number of halogens is 1. The van der Waals surface area contributed by atoms with E-state index < -0.39 is 0 Å². The summed E-state index contributed by atoms with van der Waals surface area (Å²) in [6, 6.07) is 11.6. The Hall–Kier alpha value is -1.35. The van der Waals surface area contributed by atoms with Gasteiger partial charge in [0.15, 0.2) is 5.96 Å². The summed E-state index contributed by atoms with van der Waals surface area (Å²) in [7, 11) is 3.52. The predicted octanol–water partition coefficient (Wildman–Crippen LogP) is 1.54.